The predicted octanol–water partition coefficient (Wildman–Crippen LogP) is 0.793. The fourth-order valence-electron chi connectivity index (χ4n) is 1.47. The van der Waals surface area contributed by atoms with Crippen LogP contribution in [0.5, 0.6) is 0 Å². The molecule has 3 N–H and O–H groups in total. The maximum atomic E-state index is 13.2. The minimum absolute atomic E-state index is 0.195. The van der Waals surface area contributed by atoms with Crippen LogP contribution >= 0.6 is 0 Å². The second kappa shape index (κ2) is 6.98. The number of aliphatic hydroxyl groups is 1. The van der Waals surface area contributed by atoms with Gasteiger partial charge in [0, 0.05) is 6.54 Å². The molecule has 5 heteroatoms. The predicted molar refractivity (Wildman–Crippen MR) is 61.2 cm³/mol. The molecule has 4 nitrogen and oxygen atoms in total. The molecule has 1 unspecified atom stereocenters. The van der Waals surface area contributed by atoms with Gasteiger partial charge in [-0.2, -0.15) is 0 Å². The Morgan fingerprint density at radius 2 is 2.12 bits per heavy atom. The first-order chi connectivity index (χ1) is 8.09. The number of carboxylic acids is 1. The Hall–Kier alpha value is -1.46. The lowest BCUT2D eigenvalue weighted by Gasteiger charge is -2.09. The molecule has 0 aliphatic rings. The summed E-state index contributed by atoms with van der Waals surface area (Å²) in [4.78, 5) is 10.3. The molecule has 0 spiro atoms. The summed E-state index contributed by atoms with van der Waals surface area (Å²) in [7, 11) is 0. The highest BCUT2D eigenvalue weighted by molar-refractivity contribution is 5.67. The lowest BCUT2D eigenvalue weighted by molar-refractivity contribution is -0.139. The fraction of sp³-hybridized carbons (Fsp3) is 0.417. The number of aliphatic carboxylic acids is 1. The van der Waals surface area contributed by atoms with E-state index in [0.29, 0.717) is 18.5 Å². The minimum atomic E-state index is -1.03. The third-order valence-electron chi connectivity index (χ3n) is 2.32. The Labute approximate surface area is 99.1 Å². The molecule has 0 radical (unpaired) electrons. The summed E-state index contributed by atoms with van der Waals surface area (Å²) in [5, 5.41) is 20.6. The summed E-state index contributed by atoms with van der Waals surface area (Å²) in [6, 6.07) is 6.49. The van der Waals surface area contributed by atoms with Crippen molar-refractivity contribution in [2.24, 2.45) is 0 Å². The molecule has 0 saturated carbocycles. The van der Waals surface area contributed by atoms with Crippen molar-refractivity contribution < 1.29 is 19.4 Å². The van der Waals surface area contributed by atoms with Crippen LogP contribution in [0.15, 0.2) is 24.3 Å². The van der Waals surface area contributed by atoms with Gasteiger partial charge in [-0.1, -0.05) is 18.2 Å². The highest BCUT2D eigenvalue weighted by Gasteiger charge is 2.08. The van der Waals surface area contributed by atoms with Gasteiger partial charge in [0.15, 0.2) is 0 Å². The second-order valence-corrected chi connectivity index (χ2v) is 3.80. The summed E-state index contributed by atoms with van der Waals surface area (Å²) in [5.41, 5.74) is 0.604. The monoisotopic (exact) mass is 241 g/mol. The average Bonchev–Trinajstić information content (AvgIpc) is 2.25. The van der Waals surface area contributed by atoms with Gasteiger partial charge in [-0.15, -0.1) is 0 Å². The summed E-state index contributed by atoms with van der Waals surface area (Å²) in [5.74, 6) is -1.28. The molecule has 0 saturated heterocycles. The van der Waals surface area contributed by atoms with Crippen molar-refractivity contribution in [3.8, 4) is 0 Å². The Bertz CT molecular complexity index is 371. The maximum absolute atomic E-state index is 13.2. The molecule has 1 rings (SSSR count). The Morgan fingerprint density at radius 1 is 1.41 bits per heavy atom. The van der Waals surface area contributed by atoms with Crippen LogP contribution in [0.4, 0.5) is 4.39 Å². The van der Waals surface area contributed by atoms with Gasteiger partial charge in [0.25, 0.3) is 0 Å². The zero-order valence-electron chi connectivity index (χ0n) is 9.40. The molecule has 0 fully saturated rings. The molecule has 94 valence electrons. The van der Waals surface area contributed by atoms with Crippen LogP contribution in [0, 0.1) is 5.82 Å². The van der Waals surface area contributed by atoms with Crippen LogP contribution in [0.3, 0.4) is 0 Å². The summed E-state index contributed by atoms with van der Waals surface area (Å²) in [6.45, 7) is 0.693. The lowest BCUT2D eigenvalue weighted by atomic mass is 10.1. The number of nitrogens with one attached hydrogen (secondary N) is 1. The number of carboxylic acid groups (broad SMARTS) is 1. The topological polar surface area (TPSA) is 69.6 Å². The van der Waals surface area contributed by atoms with Crippen molar-refractivity contribution in [2.45, 2.75) is 18.9 Å². The summed E-state index contributed by atoms with van der Waals surface area (Å²) < 4.78 is 13.2. The number of benzene rings is 1. The lowest BCUT2D eigenvalue weighted by Crippen LogP contribution is -2.30. The van der Waals surface area contributed by atoms with E-state index < -0.39 is 12.1 Å². The third-order valence-corrected chi connectivity index (χ3v) is 2.32. The smallest absolute Gasteiger partial charge is 0.306 e. The number of hydrogen-bond acceptors (Lipinski definition) is 3. The van der Waals surface area contributed by atoms with Gasteiger partial charge in [-0.25, -0.2) is 4.39 Å². The van der Waals surface area contributed by atoms with E-state index in [0.717, 1.165) is 0 Å². The Balaban J connectivity index is 2.20. The van der Waals surface area contributed by atoms with E-state index in [1.807, 2.05) is 0 Å². The molecular formula is C12H16FNO3. The van der Waals surface area contributed by atoms with Crippen LogP contribution in [-0.4, -0.2) is 35.4 Å². The number of hydrogen-bond donors (Lipinski definition) is 3. The van der Waals surface area contributed by atoms with E-state index in [1.54, 1.807) is 18.2 Å². The normalized spacial score (nSPS) is 12.4. The first-order valence-electron chi connectivity index (χ1n) is 5.43. The molecule has 17 heavy (non-hydrogen) atoms. The number of rotatable bonds is 7. The maximum Gasteiger partial charge on any atom is 0.306 e. The van der Waals surface area contributed by atoms with Gasteiger partial charge in [-0.05, 0) is 24.6 Å². The zero-order chi connectivity index (χ0) is 12.7. The highest BCUT2D eigenvalue weighted by Crippen LogP contribution is 2.06. The van der Waals surface area contributed by atoms with E-state index in [-0.39, 0.29) is 18.8 Å². The first-order valence-corrected chi connectivity index (χ1v) is 5.43. The van der Waals surface area contributed by atoms with Crippen molar-refractivity contribution in [1.82, 2.24) is 5.32 Å². The van der Waals surface area contributed by atoms with Gasteiger partial charge >= 0.3 is 5.97 Å². The van der Waals surface area contributed by atoms with Crippen LogP contribution in [0.1, 0.15) is 12.0 Å². The van der Waals surface area contributed by atoms with Crippen molar-refractivity contribution in [2.75, 3.05) is 13.1 Å². The second-order valence-electron chi connectivity index (χ2n) is 3.80. The summed E-state index contributed by atoms with van der Waals surface area (Å²) >= 11 is 0. The summed E-state index contributed by atoms with van der Waals surface area (Å²) in [6.07, 6.45) is -0.688. The molecule has 0 aliphatic carbocycles. The van der Waals surface area contributed by atoms with Crippen molar-refractivity contribution >= 4 is 5.97 Å². The zero-order valence-corrected chi connectivity index (χ0v) is 9.40. The quantitative estimate of drug-likeness (QED) is 0.617. The molecule has 0 amide bonds. The van der Waals surface area contributed by atoms with Crippen molar-refractivity contribution in [3.05, 3.63) is 35.6 Å². The molecular weight excluding hydrogens is 225 g/mol. The Kier molecular flexibility index (Phi) is 5.59. The van der Waals surface area contributed by atoms with Gasteiger partial charge < -0.3 is 15.5 Å². The molecule has 0 heterocycles. The average molecular weight is 241 g/mol. The van der Waals surface area contributed by atoms with E-state index in [2.05, 4.69) is 5.32 Å². The van der Waals surface area contributed by atoms with Crippen molar-refractivity contribution in [1.29, 1.82) is 0 Å². The van der Waals surface area contributed by atoms with Gasteiger partial charge in [0.05, 0.1) is 12.5 Å². The molecule has 1 atom stereocenters. The number of carbonyl (C=O) groups is 1. The molecule has 0 aliphatic heterocycles. The third kappa shape index (κ3) is 5.42. The molecule has 1 aromatic rings. The van der Waals surface area contributed by atoms with Crippen LogP contribution in [0.2, 0.25) is 0 Å². The van der Waals surface area contributed by atoms with Gasteiger partial charge in [0.1, 0.15) is 5.82 Å². The minimum Gasteiger partial charge on any atom is -0.481 e. The first kappa shape index (κ1) is 13.6. The molecule has 0 bridgehead atoms. The number of aliphatic hydroxyl groups excluding tert-OH is 1. The fourth-order valence-corrected chi connectivity index (χ4v) is 1.47. The van der Waals surface area contributed by atoms with Crippen LogP contribution in [0.25, 0.3) is 0 Å². The molecule has 0 aromatic heterocycles. The molecule has 1 aromatic carbocycles. The highest BCUT2D eigenvalue weighted by atomic mass is 19.1. The van der Waals surface area contributed by atoms with Crippen LogP contribution < -0.4 is 5.32 Å². The largest absolute Gasteiger partial charge is 0.481 e. The van der Waals surface area contributed by atoms with Gasteiger partial charge in [-0.3, -0.25) is 4.79 Å². The Morgan fingerprint density at radius 3 is 2.76 bits per heavy atom. The van der Waals surface area contributed by atoms with E-state index >= 15 is 0 Å². The SMILES string of the molecule is O=C(O)CC(O)CNCCc1ccccc1F. The van der Waals surface area contributed by atoms with Crippen LogP contribution in [-0.2, 0) is 11.2 Å². The number of halogens is 1. The van der Waals surface area contributed by atoms with Crippen molar-refractivity contribution in [3.63, 3.8) is 0 Å². The van der Waals surface area contributed by atoms with E-state index in [9.17, 15) is 14.3 Å². The van der Waals surface area contributed by atoms with E-state index in [4.69, 9.17) is 5.11 Å². The standard InChI is InChI=1S/C12H16FNO3/c13-11-4-2-1-3-9(11)5-6-14-8-10(15)7-12(16)17/h1-4,10,14-15H,5-8H2,(H,16,17). The van der Waals surface area contributed by atoms with Gasteiger partial charge in [0.2, 0.25) is 0 Å². The van der Waals surface area contributed by atoms with E-state index in [1.165, 1.54) is 6.07 Å².